The molecule has 176 valence electrons. The summed E-state index contributed by atoms with van der Waals surface area (Å²) in [5.74, 6) is 1.55. The summed E-state index contributed by atoms with van der Waals surface area (Å²) in [5.41, 5.74) is 5.85. The van der Waals surface area contributed by atoms with Crippen LogP contribution in [0.3, 0.4) is 0 Å². The van der Waals surface area contributed by atoms with E-state index >= 15 is 0 Å². The van der Waals surface area contributed by atoms with Gasteiger partial charge in [0.1, 0.15) is 5.76 Å². The first-order chi connectivity index (χ1) is 15.9. The van der Waals surface area contributed by atoms with Crippen molar-refractivity contribution in [3.05, 3.63) is 52.5 Å². The summed E-state index contributed by atoms with van der Waals surface area (Å²) in [6, 6.07) is 6.86. The van der Waals surface area contributed by atoms with Gasteiger partial charge in [0, 0.05) is 34.7 Å². The zero-order valence-corrected chi connectivity index (χ0v) is 20.3. The predicted octanol–water partition coefficient (Wildman–Crippen LogP) is 4.95. The Bertz CT molecular complexity index is 1130. The number of rotatable bonds is 6. The highest BCUT2D eigenvalue weighted by Gasteiger charge is 2.32. The van der Waals surface area contributed by atoms with Crippen LogP contribution in [0.4, 0.5) is 0 Å². The summed E-state index contributed by atoms with van der Waals surface area (Å²) in [4.78, 5) is 13.4. The van der Waals surface area contributed by atoms with Crippen molar-refractivity contribution in [3.8, 4) is 0 Å². The third kappa shape index (κ3) is 4.33. The molecule has 0 saturated heterocycles. The molecular formula is C27H36N4O2. The minimum atomic E-state index is -0.222. The van der Waals surface area contributed by atoms with Crippen molar-refractivity contribution in [2.75, 3.05) is 0 Å². The third-order valence-corrected chi connectivity index (χ3v) is 7.45. The number of aryl methyl sites for hydroxylation is 2. The summed E-state index contributed by atoms with van der Waals surface area (Å²) in [5, 5.41) is 12.5. The van der Waals surface area contributed by atoms with Gasteiger partial charge in [-0.05, 0) is 62.6 Å². The van der Waals surface area contributed by atoms with Crippen molar-refractivity contribution >= 4 is 16.8 Å². The number of carbonyl (C=O) groups excluding carboxylic acids is 1. The van der Waals surface area contributed by atoms with Gasteiger partial charge in [0.2, 0.25) is 5.91 Å². The summed E-state index contributed by atoms with van der Waals surface area (Å²) in [6.45, 7) is 9.21. The van der Waals surface area contributed by atoms with E-state index in [1.54, 1.807) is 0 Å². The minimum Gasteiger partial charge on any atom is -0.361 e. The Morgan fingerprint density at radius 3 is 2.76 bits per heavy atom. The molecule has 2 N–H and O–H groups in total. The quantitative estimate of drug-likeness (QED) is 0.559. The van der Waals surface area contributed by atoms with Crippen LogP contribution < -0.4 is 10.6 Å². The van der Waals surface area contributed by atoms with Gasteiger partial charge in [0.05, 0.1) is 18.3 Å². The molecule has 1 aliphatic heterocycles. The normalized spacial score (nSPS) is 21.1. The highest BCUT2D eigenvalue weighted by atomic mass is 16.5. The Labute approximate surface area is 196 Å². The van der Waals surface area contributed by atoms with Crippen LogP contribution in [-0.2, 0) is 17.8 Å². The van der Waals surface area contributed by atoms with Crippen molar-refractivity contribution in [2.24, 2.45) is 5.92 Å². The van der Waals surface area contributed by atoms with E-state index in [1.165, 1.54) is 34.9 Å². The Morgan fingerprint density at radius 2 is 2.06 bits per heavy atom. The molecule has 2 unspecified atom stereocenters. The number of aromatic nitrogens is 2. The lowest BCUT2D eigenvalue weighted by Gasteiger charge is -2.26. The fourth-order valence-electron chi connectivity index (χ4n) is 5.76. The smallest absolute Gasteiger partial charge is 0.237 e. The minimum absolute atomic E-state index is 0.148. The molecule has 1 aromatic carbocycles. The second-order valence-corrected chi connectivity index (χ2v) is 10.4. The fourth-order valence-corrected chi connectivity index (χ4v) is 5.76. The number of hydrogen-bond acceptors (Lipinski definition) is 4. The van der Waals surface area contributed by atoms with Gasteiger partial charge in [-0.3, -0.25) is 10.1 Å². The number of nitrogens with zero attached hydrogens (tertiary/aromatic N) is 2. The van der Waals surface area contributed by atoms with E-state index in [0.29, 0.717) is 18.4 Å². The van der Waals surface area contributed by atoms with E-state index in [9.17, 15) is 4.79 Å². The van der Waals surface area contributed by atoms with Crippen LogP contribution in [-0.4, -0.2) is 27.7 Å². The van der Waals surface area contributed by atoms with E-state index in [0.717, 1.165) is 42.8 Å². The predicted molar refractivity (Wildman–Crippen MR) is 130 cm³/mol. The van der Waals surface area contributed by atoms with Crippen LogP contribution in [0, 0.1) is 19.8 Å². The molecule has 1 aliphatic carbocycles. The Kier molecular flexibility index (Phi) is 6.04. The van der Waals surface area contributed by atoms with Gasteiger partial charge in [0.25, 0.3) is 0 Å². The lowest BCUT2D eigenvalue weighted by Crippen LogP contribution is -2.49. The first-order valence-corrected chi connectivity index (χ1v) is 12.5. The second-order valence-electron chi connectivity index (χ2n) is 10.4. The van der Waals surface area contributed by atoms with Crippen LogP contribution in [0.5, 0.6) is 0 Å². The van der Waals surface area contributed by atoms with Gasteiger partial charge < -0.3 is 14.4 Å². The van der Waals surface area contributed by atoms with Crippen LogP contribution in [0.2, 0.25) is 0 Å². The molecule has 0 spiro atoms. The van der Waals surface area contributed by atoms with E-state index in [-0.39, 0.29) is 18.0 Å². The van der Waals surface area contributed by atoms with Crippen LogP contribution in [0.1, 0.15) is 80.1 Å². The zero-order chi connectivity index (χ0) is 23.1. The van der Waals surface area contributed by atoms with Crippen molar-refractivity contribution in [3.63, 3.8) is 0 Å². The third-order valence-electron chi connectivity index (χ3n) is 7.45. The summed E-state index contributed by atoms with van der Waals surface area (Å²) < 4.78 is 7.72. The van der Waals surface area contributed by atoms with Gasteiger partial charge in [-0.1, -0.05) is 44.0 Å². The van der Waals surface area contributed by atoms with Crippen molar-refractivity contribution in [1.82, 2.24) is 20.4 Å². The Balaban J connectivity index is 1.53. The van der Waals surface area contributed by atoms with Gasteiger partial charge in [-0.15, -0.1) is 0 Å². The van der Waals surface area contributed by atoms with Gasteiger partial charge in [-0.2, -0.15) is 0 Å². The SMILES string of the molecule is Cc1noc(C)c1Cn1cc2c3c(cccc31)C(CC(C)C)NC(C(=O)NC1CCCC1)C2. The number of amides is 1. The standard InChI is InChI=1S/C27H36N4O2/c1-16(2)12-23-21-10-7-11-25-26(21)19(14-31(25)15-22-17(3)30-33-18(22)4)13-24(29-23)27(32)28-20-8-5-6-9-20/h7,10-11,14,16,20,23-24,29H,5-6,8-9,12-13,15H2,1-4H3,(H,28,32). The number of nitrogens with one attached hydrogen (secondary N) is 2. The monoisotopic (exact) mass is 448 g/mol. The van der Waals surface area contributed by atoms with Crippen molar-refractivity contribution in [1.29, 1.82) is 0 Å². The first-order valence-electron chi connectivity index (χ1n) is 12.5. The van der Waals surface area contributed by atoms with E-state index in [1.807, 2.05) is 13.8 Å². The molecule has 2 aliphatic rings. The van der Waals surface area contributed by atoms with Gasteiger partial charge in [-0.25, -0.2) is 0 Å². The molecular weight excluding hydrogens is 412 g/mol. The van der Waals surface area contributed by atoms with Crippen LogP contribution in [0.25, 0.3) is 10.9 Å². The molecule has 2 aromatic heterocycles. The van der Waals surface area contributed by atoms with Crippen molar-refractivity contribution in [2.45, 2.75) is 90.9 Å². The first kappa shape index (κ1) is 22.2. The zero-order valence-electron chi connectivity index (χ0n) is 20.3. The van der Waals surface area contributed by atoms with Crippen LogP contribution in [0.15, 0.2) is 28.9 Å². The molecule has 5 rings (SSSR count). The molecule has 1 saturated carbocycles. The van der Waals surface area contributed by atoms with E-state index in [4.69, 9.17) is 4.52 Å². The van der Waals surface area contributed by atoms with Crippen molar-refractivity contribution < 1.29 is 9.32 Å². The summed E-state index contributed by atoms with van der Waals surface area (Å²) in [7, 11) is 0. The average Bonchev–Trinajstić information content (AvgIpc) is 3.46. The van der Waals surface area contributed by atoms with E-state index < -0.39 is 0 Å². The Morgan fingerprint density at radius 1 is 1.27 bits per heavy atom. The molecule has 2 atom stereocenters. The maximum atomic E-state index is 13.4. The maximum absolute atomic E-state index is 13.4. The molecule has 3 aromatic rings. The molecule has 3 heterocycles. The second kappa shape index (κ2) is 8.98. The average molecular weight is 449 g/mol. The highest BCUT2D eigenvalue weighted by Crippen LogP contribution is 2.36. The molecule has 1 fully saturated rings. The molecule has 0 radical (unpaired) electrons. The number of hydrogen-bond donors (Lipinski definition) is 2. The maximum Gasteiger partial charge on any atom is 0.237 e. The molecule has 6 heteroatoms. The summed E-state index contributed by atoms with van der Waals surface area (Å²) >= 11 is 0. The lowest BCUT2D eigenvalue weighted by molar-refractivity contribution is -0.124. The van der Waals surface area contributed by atoms with Crippen LogP contribution >= 0.6 is 0 Å². The topological polar surface area (TPSA) is 72.1 Å². The largest absolute Gasteiger partial charge is 0.361 e. The Hall–Kier alpha value is -2.60. The molecule has 6 nitrogen and oxygen atoms in total. The highest BCUT2D eigenvalue weighted by molar-refractivity contribution is 5.90. The molecule has 33 heavy (non-hydrogen) atoms. The molecule has 0 bridgehead atoms. The fraction of sp³-hybridized carbons (Fsp3) is 0.556. The van der Waals surface area contributed by atoms with Gasteiger partial charge in [0.15, 0.2) is 0 Å². The number of carbonyl (C=O) groups is 1. The van der Waals surface area contributed by atoms with Gasteiger partial charge >= 0.3 is 0 Å². The molecule has 1 amide bonds. The van der Waals surface area contributed by atoms with E-state index in [2.05, 4.69) is 58.6 Å². The summed E-state index contributed by atoms with van der Waals surface area (Å²) in [6.07, 6.45) is 8.59. The lowest BCUT2D eigenvalue weighted by atomic mass is 9.94. The number of benzene rings is 1.